The normalized spacial score (nSPS) is 17.6. The van der Waals surface area contributed by atoms with E-state index in [-0.39, 0.29) is 12.1 Å². The maximum atomic E-state index is 12.6. The van der Waals surface area contributed by atoms with Gasteiger partial charge in [0, 0.05) is 17.3 Å². The predicted octanol–water partition coefficient (Wildman–Crippen LogP) is 2.21. The quantitative estimate of drug-likeness (QED) is 0.618. The van der Waals surface area contributed by atoms with E-state index in [2.05, 4.69) is 0 Å². The van der Waals surface area contributed by atoms with Gasteiger partial charge in [-0.05, 0) is 31.0 Å². The first kappa shape index (κ1) is 13.0. The molecule has 1 saturated carbocycles. The molecule has 0 atom stereocenters. The number of amides is 1. The Balaban J connectivity index is 1.95. The van der Waals surface area contributed by atoms with E-state index in [9.17, 15) is 22.8 Å². The molecule has 1 aliphatic heterocycles. The lowest BCUT2D eigenvalue weighted by atomic mass is 10.1. The first-order chi connectivity index (χ1) is 9.36. The number of ether oxygens (including phenoxy) is 1. The molecule has 1 aromatic carbocycles. The summed E-state index contributed by atoms with van der Waals surface area (Å²) in [6, 6.07) is 3.80. The molecule has 0 radical (unpaired) electrons. The highest BCUT2D eigenvalue weighted by Crippen LogP contribution is 2.38. The minimum absolute atomic E-state index is 0.0158. The SMILES string of the molecule is O=C1Cc2cc(N(C(=O)C(F)(F)F)C3CC3)ccc2O1. The zero-order valence-corrected chi connectivity index (χ0v) is 10.2. The number of carbonyl (C=O) groups is 2. The highest BCUT2D eigenvalue weighted by Gasteiger charge is 2.48. The topological polar surface area (TPSA) is 46.6 Å². The Kier molecular flexibility index (Phi) is 2.74. The summed E-state index contributed by atoms with van der Waals surface area (Å²) >= 11 is 0. The highest BCUT2D eigenvalue weighted by molar-refractivity contribution is 5.98. The van der Waals surface area contributed by atoms with Gasteiger partial charge in [-0.3, -0.25) is 9.59 Å². The summed E-state index contributed by atoms with van der Waals surface area (Å²) in [5.74, 6) is -1.98. The van der Waals surface area contributed by atoms with E-state index in [0.29, 0.717) is 24.2 Å². The summed E-state index contributed by atoms with van der Waals surface area (Å²) in [6.45, 7) is 0. The fraction of sp³-hybridized carbons (Fsp3) is 0.385. The molecule has 0 unspecified atom stereocenters. The number of esters is 1. The van der Waals surface area contributed by atoms with Gasteiger partial charge in [-0.25, -0.2) is 0 Å². The number of fused-ring (bicyclic) bond motifs is 1. The molecule has 1 aromatic rings. The number of carbonyl (C=O) groups excluding carboxylic acids is 2. The van der Waals surface area contributed by atoms with Gasteiger partial charge in [0.05, 0.1) is 6.42 Å². The van der Waals surface area contributed by atoms with Gasteiger partial charge in [0.2, 0.25) is 0 Å². The maximum absolute atomic E-state index is 12.6. The fourth-order valence-electron chi connectivity index (χ4n) is 2.23. The minimum atomic E-state index is -4.91. The van der Waals surface area contributed by atoms with Crippen LogP contribution < -0.4 is 9.64 Å². The molecular weight excluding hydrogens is 275 g/mol. The maximum Gasteiger partial charge on any atom is 0.471 e. The summed E-state index contributed by atoms with van der Waals surface area (Å²) in [5, 5.41) is 0. The van der Waals surface area contributed by atoms with Crippen molar-refractivity contribution in [2.75, 3.05) is 4.90 Å². The monoisotopic (exact) mass is 285 g/mol. The van der Waals surface area contributed by atoms with Crippen molar-refractivity contribution in [3.8, 4) is 5.75 Å². The van der Waals surface area contributed by atoms with Crippen LogP contribution in [-0.2, 0) is 16.0 Å². The predicted molar refractivity (Wildman–Crippen MR) is 62.3 cm³/mol. The van der Waals surface area contributed by atoms with Crippen molar-refractivity contribution in [3.63, 3.8) is 0 Å². The van der Waals surface area contributed by atoms with E-state index in [1.54, 1.807) is 0 Å². The van der Waals surface area contributed by atoms with Crippen molar-refractivity contribution in [3.05, 3.63) is 23.8 Å². The Hall–Kier alpha value is -2.05. The van der Waals surface area contributed by atoms with Crippen LogP contribution in [0, 0.1) is 0 Å². The van der Waals surface area contributed by atoms with Crippen LogP contribution in [0.4, 0.5) is 18.9 Å². The zero-order chi connectivity index (χ0) is 14.5. The third kappa shape index (κ3) is 2.23. The fourth-order valence-corrected chi connectivity index (χ4v) is 2.23. The Morgan fingerprint density at radius 3 is 2.60 bits per heavy atom. The average Bonchev–Trinajstić information content (AvgIpc) is 3.09. The lowest BCUT2D eigenvalue weighted by Crippen LogP contribution is -2.42. The molecule has 1 fully saturated rings. The highest BCUT2D eigenvalue weighted by atomic mass is 19.4. The lowest BCUT2D eigenvalue weighted by molar-refractivity contribution is -0.170. The molecule has 1 amide bonds. The molecule has 7 heteroatoms. The first-order valence-corrected chi connectivity index (χ1v) is 6.10. The number of benzene rings is 1. The molecule has 0 N–H and O–H groups in total. The van der Waals surface area contributed by atoms with Crippen LogP contribution in [0.1, 0.15) is 18.4 Å². The molecule has 1 heterocycles. The first-order valence-electron chi connectivity index (χ1n) is 6.10. The van der Waals surface area contributed by atoms with Gasteiger partial charge in [0.15, 0.2) is 0 Å². The van der Waals surface area contributed by atoms with Crippen LogP contribution in [-0.4, -0.2) is 24.1 Å². The minimum Gasteiger partial charge on any atom is -0.426 e. The van der Waals surface area contributed by atoms with E-state index >= 15 is 0 Å². The van der Waals surface area contributed by atoms with E-state index in [1.165, 1.54) is 18.2 Å². The van der Waals surface area contributed by atoms with Crippen LogP contribution in [0.3, 0.4) is 0 Å². The molecule has 0 spiro atoms. The lowest BCUT2D eigenvalue weighted by Gasteiger charge is -2.24. The van der Waals surface area contributed by atoms with E-state index < -0.39 is 24.1 Å². The number of rotatable bonds is 2. The number of halogens is 3. The van der Waals surface area contributed by atoms with Gasteiger partial charge in [0.1, 0.15) is 5.75 Å². The second-order valence-corrected chi connectivity index (χ2v) is 4.85. The Morgan fingerprint density at radius 2 is 2.00 bits per heavy atom. The van der Waals surface area contributed by atoms with E-state index in [4.69, 9.17) is 4.74 Å². The molecule has 3 rings (SSSR count). The van der Waals surface area contributed by atoms with Gasteiger partial charge in [0.25, 0.3) is 0 Å². The summed E-state index contributed by atoms with van der Waals surface area (Å²) in [7, 11) is 0. The molecular formula is C13H10F3NO3. The number of hydrogen-bond donors (Lipinski definition) is 0. The van der Waals surface area contributed by atoms with Crippen LogP contribution in [0.25, 0.3) is 0 Å². The van der Waals surface area contributed by atoms with Crippen LogP contribution in [0.5, 0.6) is 5.75 Å². The van der Waals surface area contributed by atoms with Crippen LogP contribution in [0.2, 0.25) is 0 Å². The van der Waals surface area contributed by atoms with Crippen LogP contribution >= 0.6 is 0 Å². The average molecular weight is 285 g/mol. The molecule has 1 aliphatic carbocycles. The number of nitrogens with zero attached hydrogens (tertiary/aromatic N) is 1. The van der Waals surface area contributed by atoms with Gasteiger partial charge in [-0.1, -0.05) is 0 Å². The Labute approximate surface area is 112 Å². The van der Waals surface area contributed by atoms with Gasteiger partial charge < -0.3 is 9.64 Å². The molecule has 0 bridgehead atoms. The second-order valence-electron chi connectivity index (χ2n) is 4.85. The van der Waals surface area contributed by atoms with Gasteiger partial charge in [-0.2, -0.15) is 13.2 Å². The van der Waals surface area contributed by atoms with E-state index in [0.717, 1.165) is 4.90 Å². The van der Waals surface area contributed by atoms with Gasteiger partial charge >= 0.3 is 18.1 Å². The third-order valence-electron chi connectivity index (χ3n) is 3.25. The third-order valence-corrected chi connectivity index (χ3v) is 3.25. The van der Waals surface area contributed by atoms with Crippen molar-refractivity contribution >= 4 is 17.6 Å². The Bertz CT molecular complexity index is 593. The van der Waals surface area contributed by atoms with Crippen molar-refractivity contribution in [2.45, 2.75) is 31.5 Å². The van der Waals surface area contributed by atoms with Crippen molar-refractivity contribution in [2.24, 2.45) is 0 Å². The van der Waals surface area contributed by atoms with Gasteiger partial charge in [-0.15, -0.1) is 0 Å². The molecule has 20 heavy (non-hydrogen) atoms. The standard InChI is InChI=1S/C13H10F3NO3/c14-13(15,16)12(19)17(8-1-2-8)9-3-4-10-7(5-9)6-11(18)20-10/h3-5,8H,1-2,6H2. The zero-order valence-electron chi connectivity index (χ0n) is 10.2. The Morgan fingerprint density at radius 1 is 1.30 bits per heavy atom. The van der Waals surface area contributed by atoms with Crippen LogP contribution in [0.15, 0.2) is 18.2 Å². The number of hydrogen-bond acceptors (Lipinski definition) is 3. The number of alkyl halides is 3. The van der Waals surface area contributed by atoms with Crippen molar-refractivity contribution in [1.29, 1.82) is 0 Å². The molecule has 106 valence electrons. The molecule has 0 saturated heterocycles. The number of anilines is 1. The van der Waals surface area contributed by atoms with E-state index in [1.807, 2.05) is 0 Å². The summed E-state index contributed by atoms with van der Waals surface area (Å²) in [4.78, 5) is 23.4. The smallest absolute Gasteiger partial charge is 0.426 e. The second kappa shape index (κ2) is 4.22. The van der Waals surface area contributed by atoms with Crippen molar-refractivity contribution < 1.29 is 27.5 Å². The molecule has 2 aliphatic rings. The molecule has 0 aromatic heterocycles. The summed E-state index contributed by atoms with van der Waals surface area (Å²) < 4.78 is 42.8. The largest absolute Gasteiger partial charge is 0.471 e. The summed E-state index contributed by atoms with van der Waals surface area (Å²) in [5.41, 5.74) is 0.667. The molecule has 4 nitrogen and oxygen atoms in total. The summed E-state index contributed by atoms with van der Waals surface area (Å²) in [6.07, 6.45) is -3.79. The van der Waals surface area contributed by atoms with Crippen molar-refractivity contribution in [1.82, 2.24) is 0 Å².